The van der Waals surface area contributed by atoms with Gasteiger partial charge in [0.25, 0.3) is 0 Å². The maximum atomic E-state index is 12.2. The van der Waals surface area contributed by atoms with Crippen LogP contribution in [0.2, 0.25) is 5.02 Å². The summed E-state index contributed by atoms with van der Waals surface area (Å²) in [5.74, 6) is -1.97. The van der Waals surface area contributed by atoms with Crippen molar-refractivity contribution in [3.63, 3.8) is 0 Å². The molecule has 0 aliphatic carbocycles. The van der Waals surface area contributed by atoms with E-state index < -0.39 is 54.4 Å². The van der Waals surface area contributed by atoms with E-state index in [0.29, 0.717) is 22.9 Å². The summed E-state index contributed by atoms with van der Waals surface area (Å²) < 4.78 is 33.4. The molecule has 0 unspecified atom stereocenters. The van der Waals surface area contributed by atoms with Crippen molar-refractivity contribution >= 4 is 35.5 Å². The van der Waals surface area contributed by atoms with E-state index in [2.05, 4.69) is 24.3 Å². The SMILES string of the molecule is CC(=O)OC[C@H]1O[C@@H](c2ccc(Cl)c(Cc3ccc(CCC4COC4)cc3)c2)[C@H](OC(C)=O)[C@@H](OC(C)=O)[C@@H]1OC(C)=O. The van der Waals surface area contributed by atoms with E-state index in [1.807, 2.05) is 6.07 Å². The van der Waals surface area contributed by atoms with E-state index in [1.54, 1.807) is 12.1 Å². The summed E-state index contributed by atoms with van der Waals surface area (Å²) in [6, 6.07) is 13.7. The fraction of sp³-hybridized carbons (Fsp3) is 0.500. The van der Waals surface area contributed by atoms with E-state index in [9.17, 15) is 19.2 Å². The predicted molar refractivity (Wildman–Crippen MR) is 154 cm³/mol. The van der Waals surface area contributed by atoms with Crippen molar-refractivity contribution < 1.29 is 47.6 Å². The van der Waals surface area contributed by atoms with Crippen LogP contribution in [-0.2, 0) is 60.4 Å². The molecule has 2 aliphatic heterocycles. The topological polar surface area (TPSA) is 124 Å². The van der Waals surface area contributed by atoms with Crippen molar-refractivity contribution in [3.05, 3.63) is 69.7 Å². The molecule has 0 bridgehead atoms. The fourth-order valence-corrected chi connectivity index (χ4v) is 5.45. The molecule has 232 valence electrons. The Kier molecular flexibility index (Phi) is 11.2. The molecular formula is C32H37ClO10. The van der Waals surface area contributed by atoms with Crippen molar-refractivity contribution in [1.29, 1.82) is 0 Å². The van der Waals surface area contributed by atoms with Gasteiger partial charge >= 0.3 is 23.9 Å². The van der Waals surface area contributed by atoms with E-state index in [4.69, 9.17) is 40.0 Å². The molecule has 5 atom stereocenters. The number of ether oxygens (including phenoxy) is 6. The molecule has 2 saturated heterocycles. The normalized spacial score (nSPS) is 23.5. The summed E-state index contributed by atoms with van der Waals surface area (Å²) in [6.07, 6.45) is -3.05. The molecule has 0 aromatic heterocycles. The Hall–Kier alpha value is -3.47. The smallest absolute Gasteiger partial charge is 0.303 e. The standard InChI is InChI=1S/C32H37ClO10/c1-18(34)39-17-28-30(40-19(2)35)32(42-21(4)37)31(41-20(3)36)29(43-28)25-11-12-27(33)26(14-25)13-23-8-5-22(6-9-23)7-10-24-15-38-16-24/h5-6,8-9,11-12,14,24,28-32H,7,10,13,15-17H2,1-4H3/t28-,29+,30-,31+,32+/m1/s1. The van der Waals surface area contributed by atoms with Crippen LogP contribution >= 0.6 is 11.6 Å². The summed E-state index contributed by atoms with van der Waals surface area (Å²) in [4.78, 5) is 48.0. The number of rotatable bonds is 11. The Bertz CT molecular complexity index is 1310. The van der Waals surface area contributed by atoms with E-state index in [0.717, 1.165) is 37.2 Å². The van der Waals surface area contributed by atoms with Crippen molar-refractivity contribution in [2.75, 3.05) is 19.8 Å². The zero-order chi connectivity index (χ0) is 31.1. The fourth-order valence-electron chi connectivity index (χ4n) is 5.27. The third-order valence-electron chi connectivity index (χ3n) is 7.36. The van der Waals surface area contributed by atoms with Crippen molar-refractivity contribution in [1.82, 2.24) is 0 Å². The van der Waals surface area contributed by atoms with Crippen molar-refractivity contribution in [2.45, 2.75) is 77.5 Å². The Morgan fingerprint density at radius 2 is 1.40 bits per heavy atom. The highest BCUT2D eigenvalue weighted by Crippen LogP contribution is 2.39. The molecule has 2 aromatic carbocycles. The van der Waals surface area contributed by atoms with Crippen LogP contribution in [0, 0.1) is 5.92 Å². The highest BCUT2D eigenvalue weighted by atomic mass is 35.5. The lowest BCUT2D eigenvalue weighted by Gasteiger charge is -2.44. The summed E-state index contributed by atoms with van der Waals surface area (Å²) in [5, 5.41) is 0.531. The largest absolute Gasteiger partial charge is 0.463 e. The molecular weight excluding hydrogens is 580 g/mol. The highest BCUT2D eigenvalue weighted by Gasteiger charge is 2.52. The number of carbonyl (C=O) groups excluding carboxylic acids is 4. The highest BCUT2D eigenvalue weighted by molar-refractivity contribution is 6.31. The van der Waals surface area contributed by atoms with Gasteiger partial charge in [-0.05, 0) is 47.6 Å². The zero-order valence-corrected chi connectivity index (χ0v) is 25.5. The van der Waals surface area contributed by atoms with E-state index in [-0.39, 0.29) is 6.61 Å². The minimum Gasteiger partial charge on any atom is -0.463 e. The lowest BCUT2D eigenvalue weighted by molar-refractivity contribution is -0.254. The number of hydrogen-bond acceptors (Lipinski definition) is 10. The molecule has 0 N–H and O–H groups in total. The van der Waals surface area contributed by atoms with Gasteiger partial charge < -0.3 is 28.4 Å². The van der Waals surface area contributed by atoms with Gasteiger partial charge in [-0.25, -0.2) is 0 Å². The van der Waals surface area contributed by atoms with Gasteiger partial charge in [0.15, 0.2) is 18.3 Å². The van der Waals surface area contributed by atoms with Gasteiger partial charge in [0, 0.05) is 38.6 Å². The van der Waals surface area contributed by atoms with Gasteiger partial charge in [0.2, 0.25) is 0 Å². The molecule has 0 saturated carbocycles. The monoisotopic (exact) mass is 616 g/mol. The summed E-state index contributed by atoms with van der Waals surface area (Å²) >= 11 is 6.61. The maximum absolute atomic E-state index is 12.2. The van der Waals surface area contributed by atoms with Crippen LogP contribution < -0.4 is 0 Å². The lowest BCUT2D eigenvalue weighted by atomic mass is 9.89. The Morgan fingerprint density at radius 3 is 1.98 bits per heavy atom. The van der Waals surface area contributed by atoms with Crippen LogP contribution in [-0.4, -0.2) is 68.1 Å². The molecule has 0 radical (unpaired) electrons. The Balaban J connectivity index is 1.63. The summed E-state index contributed by atoms with van der Waals surface area (Å²) in [6.45, 7) is 6.20. The second-order valence-electron chi connectivity index (χ2n) is 10.9. The Labute approximate surface area is 255 Å². The van der Waals surface area contributed by atoms with Crippen LogP contribution in [0.5, 0.6) is 0 Å². The molecule has 2 fully saturated rings. The zero-order valence-electron chi connectivity index (χ0n) is 24.7. The number of hydrogen-bond donors (Lipinski definition) is 0. The van der Waals surface area contributed by atoms with Gasteiger partial charge in [-0.1, -0.05) is 48.0 Å². The van der Waals surface area contributed by atoms with Crippen LogP contribution in [0.4, 0.5) is 0 Å². The molecule has 0 amide bonds. The first kappa shape index (κ1) is 32.4. The van der Waals surface area contributed by atoms with Crippen molar-refractivity contribution in [3.8, 4) is 0 Å². The minimum atomic E-state index is -1.25. The molecule has 11 heteroatoms. The average molecular weight is 617 g/mol. The predicted octanol–water partition coefficient (Wildman–Crippen LogP) is 4.31. The quantitative estimate of drug-likeness (QED) is 0.266. The number of halogens is 1. The van der Waals surface area contributed by atoms with Crippen LogP contribution in [0.3, 0.4) is 0 Å². The van der Waals surface area contributed by atoms with Gasteiger partial charge in [0.1, 0.15) is 18.8 Å². The number of esters is 4. The second kappa shape index (κ2) is 14.8. The number of benzene rings is 2. The average Bonchev–Trinajstić information content (AvgIpc) is 2.90. The second-order valence-corrected chi connectivity index (χ2v) is 11.3. The third-order valence-corrected chi connectivity index (χ3v) is 7.72. The van der Waals surface area contributed by atoms with Gasteiger partial charge in [0.05, 0.1) is 13.2 Å². The number of carbonyl (C=O) groups is 4. The first-order chi connectivity index (χ1) is 20.5. The van der Waals surface area contributed by atoms with Crippen molar-refractivity contribution in [2.24, 2.45) is 5.92 Å². The molecule has 43 heavy (non-hydrogen) atoms. The summed E-state index contributed by atoms with van der Waals surface area (Å²) in [5.41, 5.74) is 3.69. The summed E-state index contributed by atoms with van der Waals surface area (Å²) in [7, 11) is 0. The maximum Gasteiger partial charge on any atom is 0.303 e. The molecule has 2 aliphatic rings. The molecule has 0 spiro atoms. The van der Waals surface area contributed by atoms with Crippen LogP contribution in [0.15, 0.2) is 42.5 Å². The van der Waals surface area contributed by atoms with Gasteiger partial charge in [-0.15, -0.1) is 0 Å². The van der Waals surface area contributed by atoms with E-state index >= 15 is 0 Å². The lowest BCUT2D eigenvalue weighted by Crippen LogP contribution is -2.59. The van der Waals surface area contributed by atoms with Gasteiger partial charge in [-0.2, -0.15) is 0 Å². The first-order valence-corrected chi connectivity index (χ1v) is 14.6. The molecule has 2 aromatic rings. The minimum absolute atomic E-state index is 0.297. The number of aryl methyl sites for hydroxylation is 1. The third kappa shape index (κ3) is 9.01. The molecule has 4 rings (SSSR count). The molecule has 2 heterocycles. The molecule has 10 nitrogen and oxygen atoms in total. The van der Waals surface area contributed by atoms with E-state index in [1.165, 1.54) is 33.3 Å². The Morgan fingerprint density at radius 1 is 0.791 bits per heavy atom. The first-order valence-electron chi connectivity index (χ1n) is 14.2. The van der Waals surface area contributed by atoms with Crippen LogP contribution in [0.1, 0.15) is 62.5 Å². The van der Waals surface area contributed by atoms with Crippen LogP contribution in [0.25, 0.3) is 0 Å². The van der Waals surface area contributed by atoms with Gasteiger partial charge in [-0.3, -0.25) is 19.2 Å².